The van der Waals surface area contributed by atoms with E-state index in [0.717, 1.165) is 44.5 Å². The molecule has 314 valence electrons. The van der Waals surface area contributed by atoms with Gasteiger partial charge in [0.05, 0.1) is 34.7 Å². The van der Waals surface area contributed by atoms with E-state index in [1.165, 1.54) is 8.61 Å². The molecule has 0 radical (unpaired) electrons. The molecular formula is C40H50Br2N6O8S2. The summed E-state index contributed by atoms with van der Waals surface area (Å²) in [5.41, 5.74) is 7.96. The van der Waals surface area contributed by atoms with E-state index in [9.17, 15) is 16.8 Å². The Bertz CT molecular complexity index is 2160. The lowest BCUT2D eigenvalue weighted by molar-refractivity contribution is 0.283. The number of hydrogen-bond donors (Lipinski definition) is 2. The van der Waals surface area contributed by atoms with Crippen LogP contribution in [-0.2, 0) is 46.3 Å². The molecular weight excluding hydrogens is 916 g/mol. The van der Waals surface area contributed by atoms with Crippen molar-refractivity contribution in [2.75, 3.05) is 65.0 Å². The smallest absolute Gasteiger partial charge is 0.231 e. The number of sulfonamides is 2. The highest BCUT2D eigenvalue weighted by Gasteiger charge is 2.28. The van der Waals surface area contributed by atoms with Gasteiger partial charge in [-0.15, -0.1) is 0 Å². The second-order valence-corrected chi connectivity index (χ2v) is 20.0. The average Bonchev–Trinajstić information content (AvgIpc) is 3.72. The van der Waals surface area contributed by atoms with E-state index in [4.69, 9.17) is 18.9 Å². The van der Waals surface area contributed by atoms with Crippen LogP contribution in [0.1, 0.15) is 46.2 Å². The van der Waals surface area contributed by atoms with Crippen molar-refractivity contribution in [1.82, 2.24) is 29.2 Å². The van der Waals surface area contributed by atoms with E-state index in [1.54, 1.807) is 14.2 Å². The lowest BCUT2D eigenvalue weighted by atomic mass is 9.92. The molecule has 0 unspecified atom stereocenters. The lowest BCUT2D eigenvalue weighted by Crippen LogP contribution is -2.33. The minimum Gasteiger partial charge on any atom is -0.481 e. The monoisotopic (exact) mass is 964 g/mol. The summed E-state index contributed by atoms with van der Waals surface area (Å²) in [6.45, 7) is 8.66. The molecule has 14 nitrogen and oxygen atoms in total. The molecule has 6 rings (SSSR count). The maximum Gasteiger partial charge on any atom is 0.231 e. The number of nitrogens with zero attached hydrogens (tertiary/aromatic N) is 4. The Balaban J connectivity index is 1.07. The van der Waals surface area contributed by atoms with Crippen molar-refractivity contribution in [3.8, 4) is 34.6 Å². The Labute approximate surface area is 358 Å². The Morgan fingerprint density at radius 3 is 1.41 bits per heavy atom. The number of nitrogens with one attached hydrogen (secondary N) is 2. The molecule has 2 N–H and O–H groups in total. The third-order valence-corrected chi connectivity index (χ3v) is 15.4. The van der Waals surface area contributed by atoms with Crippen molar-refractivity contribution < 1.29 is 35.8 Å². The summed E-state index contributed by atoms with van der Waals surface area (Å²) in [7, 11) is -3.13. The van der Waals surface area contributed by atoms with Gasteiger partial charge in [0.2, 0.25) is 43.6 Å². The summed E-state index contributed by atoms with van der Waals surface area (Å²) in [6.07, 6.45) is 1.34. The molecule has 0 atom stereocenters. The minimum atomic E-state index is -3.13. The van der Waals surface area contributed by atoms with Crippen molar-refractivity contribution in [3.05, 3.63) is 90.9 Å². The largest absolute Gasteiger partial charge is 0.481 e. The third-order valence-electron chi connectivity index (χ3n) is 10.4. The highest BCUT2D eigenvalue weighted by atomic mass is 79.9. The number of methoxy groups -OCH3 is 2. The highest BCUT2D eigenvalue weighted by molar-refractivity contribution is 9.10. The van der Waals surface area contributed by atoms with Crippen LogP contribution in [0.3, 0.4) is 0 Å². The quantitative estimate of drug-likeness (QED) is 0.110. The SMILES string of the molecule is COc1nc(OCc2cccc(-c3cccc(COc4nc(OC)c(CNCCN5CCCS5(=O)=O)cc4Br)c3C)c2C)c(Br)cc1CNCCN1CCCS1(=O)=O. The van der Waals surface area contributed by atoms with Crippen LogP contribution < -0.4 is 29.6 Å². The van der Waals surface area contributed by atoms with Crippen molar-refractivity contribution in [2.45, 2.75) is 53.0 Å². The lowest BCUT2D eigenvalue weighted by Gasteiger charge is -2.18. The number of rotatable bonds is 19. The molecule has 0 aliphatic carbocycles. The van der Waals surface area contributed by atoms with Crippen LogP contribution in [-0.4, -0.2) is 100 Å². The molecule has 2 aliphatic rings. The van der Waals surface area contributed by atoms with Gasteiger partial charge in [-0.3, -0.25) is 0 Å². The van der Waals surface area contributed by atoms with Crippen LogP contribution in [0.2, 0.25) is 0 Å². The topological polar surface area (TPSA) is 162 Å². The van der Waals surface area contributed by atoms with Crippen LogP contribution in [0.4, 0.5) is 0 Å². The number of pyridine rings is 2. The fourth-order valence-electron chi connectivity index (χ4n) is 7.09. The van der Waals surface area contributed by atoms with E-state index in [1.807, 2.05) is 36.4 Å². The van der Waals surface area contributed by atoms with Crippen LogP contribution in [0.25, 0.3) is 11.1 Å². The van der Waals surface area contributed by atoms with Gasteiger partial charge in [0.1, 0.15) is 13.2 Å². The molecule has 2 aromatic heterocycles. The Morgan fingerprint density at radius 2 is 1.05 bits per heavy atom. The molecule has 2 saturated heterocycles. The van der Waals surface area contributed by atoms with Crippen molar-refractivity contribution in [1.29, 1.82) is 0 Å². The number of benzene rings is 2. The van der Waals surface area contributed by atoms with Gasteiger partial charge in [-0.05, 0) is 104 Å². The van der Waals surface area contributed by atoms with E-state index in [0.29, 0.717) is 97.7 Å². The van der Waals surface area contributed by atoms with Crippen molar-refractivity contribution in [2.24, 2.45) is 0 Å². The summed E-state index contributed by atoms with van der Waals surface area (Å²) in [6, 6.07) is 16.1. The predicted octanol–water partition coefficient (Wildman–Crippen LogP) is 5.71. The molecule has 2 aromatic carbocycles. The number of halogens is 2. The first-order valence-electron chi connectivity index (χ1n) is 19.1. The maximum atomic E-state index is 12.1. The molecule has 0 saturated carbocycles. The molecule has 0 bridgehead atoms. The zero-order chi connectivity index (χ0) is 41.5. The summed E-state index contributed by atoms with van der Waals surface area (Å²) in [5.74, 6) is 2.10. The highest BCUT2D eigenvalue weighted by Crippen LogP contribution is 2.34. The summed E-state index contributed by atoms with van der Waals surface area (Å²) < 4.78 is 76.5. The molecule has 4 heterocycles. The predicted molar refractivity (Wildman–Crippen MR) is 230 cm³/mol. The first-order chi connectivity index (χ1) is 27.8. The van der Waals surface area contributed by atoms with Gasteiger partial charge in [-0.1, -0.05) is 36.4 Å². The molecule has 4 aromatic rings. The van der Waals surface area contributed by atoms with E-state index >= 15 is 0 Å². The normalized spacial score (nSPS) is 16.4. The minimum absolute atomic E-state index is 0.218. The van der Waals surface area contributed by atoms with Crippen molar-refractivity contribution >= 4 is 51.9 Å². The van der Waals surface area contributed by atoms with Gasteiger partial charge >= 0.3 is 0 Å². The third kappa shape index (κ3) is 10.7. The molecule has 18 heteroatoms. The van der Waals surface area contributed by atoms with Gasteiger partial charge in [-0.25, -0.2) is 25.4 Å². The van der Waals surface area contributed by atoms with Crippen molar-refractivity contribution in [3.63, 3.8) is 0 Å². The van der Waals surface area contributed by atoms with Crippen LogP contribution in [0.5, 0.6) is 23.5 Å². The summed E-state index contributed by atoms with van der Waals surface area (Å²) in [5, 5.41) is 6.60. The summed E-state index contributed by atoms with van der Waals surface area (Å²) >= 11 is 7.23. The molecule has 58 heavy (non-hydrogen) atoms. The first-order valence-corrected chi connectivity index (χ1v) is 23.9. The number of ether oxygens (including phenoxy) is 4. The second-order valence-electron chi connectivity index (χ2n) is 14.1. The average molecular weight is 967 g/mol. The summed E-state index contributed by atoms with van der Waals surface area (Å²) in [4.78, 5) is 9.26. The molecule has 0 amide bonds. The maximum absolute atomic E-state index is 12.1. The first kappa shape index (κ1) is 44.2. The second kappa shape index (κ2) is 19.8. The number of hydrogen-bond acceptors (Lipinski definition) is 12. The zero-order valence-electron chi connectivity index (χ0n) is 33.1. The van der Waals surface area contributed by atoms with Gasteiger partial charge < -0.3 is 29.6 Å². The molecule has 2 aliphatic heterocycles. The fourth-order valence-corrected chi connectivity index (χ4v) is 11.1. The Kier molecular flexibility index (Phi) is 15.1. The Hall–Kier alpha value is -3.36. The van der Waals surface area contributed by atoms with Crippen LogP contribution in [0.15, 0.2) is 57.5 Å². The fraction of sp³-hybridized carbons (Fsp3) is 0.450. The van der Waals surface area contributed by atoms with Gasteiger partial charge in [0.25, 0.3) is 0 Å². The van der Waals surface area contributed by atoms with Gasteiger partial charge in [0, 0.05) is 63.5 Å². The molecule has 2 fully saturated rings. The zero-order valence-corrected chi connectivity index (χ0v) is 38.0. The molecule has 0 spiro atoms. The van der Waals surface area contributed by atoms with E-state index < -0.39 is 20.0 Å². The number of aromatic nitrogens is 2. The van der Waals surface area contributed by atoms with E-state index in [-0.39, 0.29) is 24.7 Å². The van der Waals surface area contributed by atoms with Gasteiger partial charge in [-0.2, -0.15) is 9.97 Å². The van der Waals surface area contributed by atoms with Crippen LogP contribution in [0, 0.1) is 13.8 Å². The van der Waals surface area contributed by atoms with Gasteiger partial charge in [0.15, 0.2) is 0 Å². The Morgan fingerprint density at radius 1 is 0.638 bits per heavy atom. The van der Waals surface area contributed by atoms with E-state index in [2.05, 4.69) is 78.4 Å². The van der Waals surface area contributed by atoms with Crippen LogP contribution >= 0.6 is 31.9 Å². The standard InChI is InChI=1S/C40H50Br2N6O8S2/c1-27-29(25-55-39-35(41)21-31(37(45-39)53-3)23-43-13-17-47-15-7-19-57(47,49)50)9-5-11-33(27)34-12-6-10-30(28(34)2)26-56-40-36(42)22-32(38(46-40)54-4)24-44-14-18-48-16-8-20-58(48,51)52/h5-6,9-12,21-22,43-44H,7-8,13-20,23-26H2,1-4H3.